The number of alkyl halides is 5. The molecule has 164 valence electrons. The van der Waals surface area contributed by atoms with E-state index in [4.69, 9.17) is 9.63 Å². The summed E-state index contributed by atoms with van der Waals surface area (Å²) in [5, 5.41) is 6.70. The number of benzene rings is 1. The molecule has 1 unspecified atom stereocenters. The standard InChI is InChI=1S/C16H13BrF5N2O4PS/c17-12-10-4-8(9-6-23-24-7-9)5-11(27-3-1-2-15(18,19)20)13(10)30-14(12)16(21,22)28-29(25)26/h4-7,29H,1-3H2,(H,23,24)(H,25,26). The van der Waals surface area contributed by atoms with Gasteiger partial charge in [0.1, 0.15) is 10.6 Å². The Kier molecular flexibility index (Phi) is 6.87. The largest absolute Gasteiger partial charge is 0.492 e. The van der Waals surface area contributed by atoms with Gasteiger partial charge in [-0.25, -0.2) is 4.52 Å². The fourth-order valence-electron chi connectivity index (χ4n) is 2.62. The lowest BCUT2D eigenvalue weighted by Gasteiger charge is -2.13. The maximum atomic E-state index is 14.3. The number of rotatable bonds is 8. The van der Waals surface area contributed by atoms with E-state index in [1.54, 1.807) is 12.3 Å². The van der Waals surface area contributed by atoms with Crippen molar-refractivity contribution in [1.29, 1.82) is 0 Å². The van der Waals surface area contributed by atoms with Crippen LogP contribution in [0.4, 0.5) is 22.0 Å². The first-order valence-electron chi connectivity index (χ1n) is 8.23. The van der Waals surface area contributed by atoms with Crippen LogP contribution in [0.1, 0.15) is 17.7 Å². The molecule has 3 aromatic rings. The highest BCUT2D eigenvalue weighted by atomic mass is 79.9. The van der Waals surface area contributed by atoms with E-state index in [1.165, 1.54) is 12.3 Å². The number of halogens is 6. The summed E-state index contributed by atoms with van der Waals surface area (Å²) in [7, 11) is -3.94. The van der Waals surface area contributed by atoms with Crippen LogP contribution in [0.3, 0.4) is 0 Å². The maximum absolute atomic E-state index is 14.3. The predicted molar refractivity (Wildman–Crippen MR) is 104 cm³/mol. The van der Waals surface area contributed by atoms with Crippen LogP contribution in [-0.2, 0) is 15.2 Å². The molecule has 14 heteroatoms. The number of aromatic nitrogens is 2. The van der Waals surface area contributed by atoms with Crippen molar-refractivity contribution in [3.8, 4) is 16.9 Å². The highest BCUT2D eigenvalue weighted by molar-refractivity contribution is 9.10. The molecule has 6 nitrogen and oxygen atoms in total. The van der Waals surface area contributed by atoms with Crippen LogP contribution in [0.25, 0.3) is 21.2 Å². The molecule has 0 aliphatic heterocycles. The zero-order chi connectivity index (χ0) is 22.1. The van der Waals surface area contributed by atoms with Crippen LogP contribution in [0.15, 0.2) is 29.0 Å². The van der Waals surface area contributed by atoms with E-state index in [0.717, 1.165) is 0 Å². The van der Waals surface area contributed by atoms with Crippen molar-refractivity contribution in [3.63, 3.8) is 0 Å². The zero-order valence-corrected chi connectivity index (χ0v) is 18.1. The summed E-state index contributed by atoms with van der Waals surface area (Å²) >= 11 is 3.61. The van der Waals surface area contributed by atoms with E-state index in [-0.39, 0.29) is 33.3 Å². The number of ether oxygens (including phenoxy) is 1. The van der Waals surface area contributed by atoms with Crippen LogP contribution < -0.4 is 4.74 Å². The second-order valence-electron chi connectivity index (χ2n) is 6.04. The fraction of sp³-hybridized carbons (Fsp3) is 0.312. The first kappa shape index (κ1) is 23.1. The number of aromatic amines is 1. The van der Waals surface area contributed by atoms with E-state index in [0.29, 0.717) is 22.5 Å². The van der Waals surface area contributed by atoms with Crippen molar-refractivity contribution in [1.82, 2.24) is 10.2 Å². The SMILES string of the molecule is O=[PH](O)OC(F)(F)c1sc2c(OCCCC(F)(F)F)cc(-c3cn[nH]c3)cc2c1Br. The van der Waals surface area contributed by atoms with Crippen molar-refractivity contribution in [2.75, 3.05) is 6.61 Å². The van der Waals surface area contributed by atoms with Gasteiger partial charge in [-0.1, -0.05) is 0 Å². The third-order valence-electron chi connectivity index (χ3n) is 3.87. The molecule has 0 radical (unpaired) electrons. The van der Waals surface area contributed by atoms with Gasteiger partial charge in [-0.15, -0.1) is 11.3 Å². The molecule has 0 bridgehead atoms. The number of fused-ring (bicyclic) bond motifs is 1. The number of H-pyrrole nitrogens is 1. The Morgan fingerprint density at radius 1 is 1.23 bits per heavy atom. The van der Waals surface area contributed by atoms with Gasteiger partial charge in [-0.05, 0) is 40.0 Å². The van der Waals surface area contributed by atoms with Crippen LogP contribution in [-0.4, -0.2) is 27.9 Å². The number of thiophene rings is 1. The van der Waals surface area contributed by atoms with Gasteiger partial charge in [0, 0.05) is 28.0 Å². The molecule has 0 aliphatic carbocycles. The summed E-state index contributed by atoms with van der Waals surface area (Å²) in [6.07, 6.45) is -6.73. The van der Waals surface area contributed by atoms with E-state index < -0.39 is 31.8 Å². The molecule has 0 aliphatic rings. The normalized spacial score (nSPS) is 13.7. The molecule has 3 rings (SSSR count). The highest BCUT2D eigenvalue weighted by Gasteiger charge is 2.40. The fourth-order valence-corrected chi connectivity index (χ4v) is 4.99. The van der Waals surface area contributed by atoms with Crippen LogP contribution in [0.2, 0.25) is 0 Å². The monoisotopic (exact) mass is 534 g/mol. The number of hydrogen-bond donors (Lipinski definition) is 2. The minimum absolute atomic E-state index is 0.0822. The molecule has 30 heavy (non-hydrogen) atoms. The quantitative estimate of drug-likeness (QED) is 0.203. The van der Waals surface area contributed by atoms with Crippen molar-refractivity contribution >= 4 is 45.6 Å². The van der Waals surface area contributed by atoms with Gasteiger partial charge in [0.05, 0.1) is 17.5 Å². The summed E-state index contributed by atoms with van der Waals surface area (Å²) < 4.78 is 86.0. The van der Waals surface area contributed by atoms with Gasteiger partial charge < -0.3 is 9.63 Å². The van der Waals surface area contributed by atoms with Crippen molar-refractivity contribution in [3.05, 3.63) is 33.9 Å². The minimum Gasteiger partial charge on any atom is -0.492 e. The Bertz CT molecular complexity index is 1060. The lowest BCUT2D eigenvalue weighted by molar-refractivity contribution is -0.183. The predicted octanol–water partition coefficient (Wildman–Crippen LogP) is 6.22. The lowest BCUT2D eigenvalue weighted by Crippen LogP contribution is -2.12. The molecule has 0 saturated carbocycles. The van der Waals surface area contributed by atoms with Crippen molar-refractivity contribution < 1.29 is 40.7 Å². The Balaban J connectivity index is 2.03. The Morgan fingerprint density at radius 3 is 2.57 bits per heavy atom. The van der Waals surface area contributed by atoms with Gasteiger partial charge in [-0.3, -0.25) is 9.66 Å². The first-order chi connectivity index (χ1) is 14.0. The Morgan fingerprint density at radius 2 is 1.97 bits per heavy atom. The van der Waals surface area contributed by atoms with E-state index in [9.17, 15) is 26.5 Å². The summed E-state index contributed by atoms with van der Waals surface area (Å²) in [5.74, 6) is 0.0928. The van der Waals surface area contributed by atoms with Crippen LogP contribution in [0.5, 0.6) is 5.75 Å². The number of nitrogens with one attached hydrogen (secondary N) is 1. The van der Waals surface area contributed by atoms with E-state index in [1.807, 2.05) is 0 Å². The number of hydrogen-bond acceptors (Lipinski definition) is 5. The van der Waals surface area contributed by atoms with Gasteiger partial charge in [0.25, 0.3) is 0 Å². The average Bonchev–Trinajstić information content (AvgIpc) is 3.25. The average molecular weight is 535 g/mol. The minimum atomic E-state index is -4.34. The molecule has 2 N–H and O–H groups in total. The first-order valence-corrected chi connectivity index (χ1v) is 11.1. The summed E-state index contributed by atoms with van der Waals surface area (Å²) in [4.78, 5) is 8.08. The van der Waals surface area contributed by atoms with Crippen molar-refractivity contribution in [2.24, 2.45) is 0 Å². The second-order valence-corrected chi connectivity index (χ2v) is 8.58. The summed E-state index contributed by atoms with van der Waals surface area (Å²) in [6, 6.07) is 3.06. The van der Waals surface area contributed by atoms with Crippen LogP contribution in [0, 0.1) is 0 Å². The molecule has 0 spiro atoms. The highest BCUT2D eigenvalue weighted by Crippen LogP contribution is 2.50. The molecular formula is C16H13BrF5N2O4PS. The summed E-state index contributed by atoms with van der Waals surface area (Å²) in [6.45, 7) is -0.286. The zero-order valence-electron chi connectivity index (χ0n) is 14.7. The molecule has 1 aromatic carbocycles. The van der Waals surface area contributed by atoms with Gasteiger partial charge in [0.2, 0.25) is 0 Å². The number of nitrogens with zero attached hydrogens (tertiary/aromatic N) is 1. The second kappa shape index (κ2) is 8.91. The van der Waals surface area contributed by atoms with Crippen LogP contribution >= 0.6 is 35.5 Å². The Hall–Kier alpha value is -1.53. The smallest absolute Gasteiger partial charge is 0.400 e. The molecule has 1 atom stereocenters. The lowest BCUT2D eigenvalue weighted by atomic mass is 10.1. The van der Waals surface area contributed by atoms with Gasteiger partial charge >= 0.3 is 20.5 Å². The van der Waals surface area contributed by atoms with E-state index in [2.05, 4.69) is 30.7 Å². The molecular weight excluding hydrogens is 522 g/mol. The third-order valence-corrected chi connectivity index (χ3v) is 6.66. The molecule has 0 saturated heterocycles. The molecule has 2 aromatic heterocycles. The molecule has 0 amide bonds. The topological polar surface area (TPSA) is 84.4 Å². The molecule has 0 fully saturated rings. The van der Waals surface area contributed by atoms with Gasteiger partial charge in [-0.2, -0.15) is 27.1 Å². The third kappa shape index (κ3) is 5.38. The molecule has 2 heterocycles. The van der Waals surface area contributed by atoms with E-state index >= 15 is 0 Å². The van der Waals surface area contributed by atoms with Crippen molar-refractivity contribution in [2.45, 2.75) is 25.1 Å². The van der Waals surface area contributed by atoms with Gasteiger partial charge in [0.15, 0.2) is 0 Å². The maximum Gasteiger partial charge on any atom is 0.400 e. The Labute approximate surface area is 179 Å². The summed E-state index contributed by atoms with van der Waals surface area (Å²) in [5.41, 5.74) is 1.12.